The Morgan fingerprint density at radius 3 is 2.67 bits per heavy atom. The summed E-state index contributed by atoms with van der Waals surface area (Å²) in [5, 5.41) is 2.69. The molecule has 2 amide bonds. The van der Waals surface area contributed by atoms with Gasteiger partial charge in [0.2, 0.25) is 5.91 Å². The number of pyridine rings is 1. The normalized spacial score (nSPS) is 24.5. The van der Waals surface area contributed by atoms with E-state index in [4.69, 9.17) is 10.5 Å². The number of rotatable bonds is 4. The molecule has 112 valence electrons. The van der Waals surface area contributed by atoms with E-state index in [-0.39, 0.29) is 12.5 Å². The van der Waals surface area contributed by atoms with Crippen LogP contribution in [0, 0.1) is 0 Å². The van der Waals surface area contributed by atoms with Gasteiger partial charge in [-0.15, -0.1) is 0 Å². The minimum Gasteiger partial charge on any atom is -0.378 e. The Balaban J connectivity index is 1.71. The van der Waals surface area contributed by atoms with Crippen molar-refractivity contribution in [3.63, 3.8) is 0 Å². The summed E-state index contributed by atoms with van der Waals surface area (Å²) in [5.41, 5.74) is 4.70. The standard InChI is InChI=1S/C14H18N4O3/c15-13(20)14(4-7-21-9-14)17-12(19)10-2-3-11(16-8-10)18-5-1-6-18/h2-3,8H,1,4-7,9H2,(H2,15,20)(H,17,19). The lowest BCUT2D eigenvalue weighted by Gasteiger charge is -2.32. The molecule has 1 atom stereocenters. The first kappa shape index (κ1) is 13.8. The zero-order chi connectivity index (χ0) is 14.9. The van der Waals surface area contributed by atoms with Gasteiger partial charge in [0.15, 0.2) is 0 Å². The molecule has 3 heterocycles. The van der Waals surface area contributed by atoms with Crippen molar-refractivity contribution in [1.82, 2.24) is 10.3 Å². The number of nitrogens with zero attached hydrogens (tertiary/aromatic N) is 2. The number of aromatic nitrogens is 1. The number of amides is 2. The summed E-state index contributed by atoms with van der Waals surface area (Å²) in [4.78, 5) is 30.3. The first-order valence-electron chi connectivity index (χ1n) is 7.02. The highest BCUT2D eigenvalue weighted by molar-refractivity contribution is 5.99. The van der Waals surface area contributed by atoms with Crippen LogP contribution in [-0.2, 0) is 9.53 Å². The number of primary amides is 1. The van der Waals surface area contributed by atoms with E-state index in [0.29, 0.717) is 18.6 Å². The fourth-order valence-electron chi connectivity index (χ4n) is 2.46. The van der Waals surface area contributed by atoms with Crippen molar-refractivity contribution < 1.29 is 14.3 Å². The van der Waals surface area contributed by atoms with Crippen LogP contribution in [0.15, 0.2) is 18.3 Å². The van der Waals surface area contributed by atoms with Gasteiger partial charge in [-0.25, -0.2) is 4.98 Å². The van der Waals surface area contributed by atoms with Gasteiger partial charge in [0, 0.05) is 32.3 Å². The molecule has 0 spiro atoms. The van der Waals surface area contributed by atoms with E-state index in [1.807, 2.05) is 6.07 Å². The molecule has 0 aliphatic carbocycles. The second kappa shape index (κ2) is 5.33. The van der Waals surface area contributed by atoms with E-state index in [2.05, 4.69) is 15.2 Å². The summed E-state index contributed by atoms with van der Waals surface area (Å²) in [6, 6.07) is 3.52. The molecule has 3 N–H and O–H groups in total. The van der Waals surface area contributed by atoms with E-state index in [1.165, 1.54) is 12.6 Å². The number of ether oxygens (including phenoxy) is 1. The highest BCUT2D eigenvalue weighted by Gasteiger charge is 2.42. The Morgan fingerprint density at radius 2 is 2.19 bits per heavy atom. The van der Waals surface area contributed by atoms with Crippen LogP contribution in [0.5, 0.6) is 0 Å². The Hall–Kier alpha value is -2.15. The van der Waals surface area contributed by atoms with E-state index in [9.17, 15) is 9.59 Å². The number of hydrogen-bond acceptors (Lipinski definition) is 5. The molecular formula is C14H18N4O3. The maximum Gasteiger partial charge on any atom is 0.253 e. The predicted molar refractivity (Wildman–Crippen MR) is 75.9 cm³/mol. The van der Waals surface area contributed by atoms with E-state index >= 15 is 0 Å². The first-order chi connectivity index (χ1) is 10.1. The topological polar surface area (TPSA) is 97.5 Å². The third-order valence-electron chi connectivity index (χ3n) is 4.04. The van der Waals surface area contributed by atoms with Gasteiger partial charge in [-0.3, -0.25) is 9.59 Å². The number of hydrogen-bond donors (Lipinski definition) is 2. The van der Waals surface area contributed by atoms with E-state index in [0.717, 1.165) is 18.9 Å². The Bertz CT molecular complexity index is 548. The largest absolute Gasteiger partial charge is 0.378 e. The lowest BCUT2D eigenvalue weighted by Crippen LogP contribution is -2.58. The fraction of sp³-hybridized carbons (Fsp3) is 0.500. The highest BCUT2D eigenvalue weighted by atomic mass is 16.5. The molecule has 21 heavy (non-hydrogen) atoms. The van der Waals surface area contributed by atoms with Crippen molar-refractivity contribution in [1.29, 1.82) is 0 Å². The Morgan fingerprint density at radius 1 is 1.38 bits per heavy atom. The monoisotopic (exact) mass is 290 g/mol. The molecule has 0 aromatic carbocycles. The Labute approximate surface area is 122 Å². The van der Waals surface area contributed by atoms with Crippen LogP contribution >= 0.6 is 0 Å². The van der Waals surface area contributed by atoms with Gasteiger partial charge in [-0.1, -0.05) is 0 Å². The number of carbonyl (C=O) groups is 2. The second-order valence-corrected chi connectivity index (χ2v) is 5.45. The minimum atomic E-state index is -1.10. The molecule has 1 unspecified atom stereocenters. The third-order valence-corrected chi connectivity index (χ3v) is 4.04. The zero-order valence-corrected chi connectivity index (χ0v) is 11.7. The van der Waals surface area contributed by atoms with E-state index < -0.39 is 11.4 Å². The summed E-state index contributed by atoms with van der Waals surface area (Å²) in [7, 11) is 0. The van der Waals surface area contributed by atoms with Crippen LogP contribution in [0.4, 0.5) is 5.82 Å². The molecule has 1 aromatic rings. The Kier molecular flexibility index (Phi) is 3.50. The average molecular weight is 290 g/mol. The van der Waals surface area contributed by atoms with Crippen LogP contribution in [0.25, 0.3) is 0 Å². The summed E-state index contributed by atoms with van der Waals surface area (Å²) in [6.07, 6.45) is 3.09. The molecule has 1 aromatic heterocycles. The van der Waals surface area contributed by atoms with Gasteiger partial charge < -0.3 is 20.7 Å². The van der Waals surface area contributed by atoms with Crippen LogP contribution in [0.3, 0.4) is 0 Å². The summed E-state index contributed by atoms with van der Waals surface area (Å²) < 4.78 is 5.19. The highest BCUT2D eigenvalue weighted by Crippen LogP contribution is 2.20. The summed E-state index contributed by atoms with van der Waals surface area (Å²) >= 11 is 0. The molecule has 2 aliphatic rings. The van der Waals surface area contributed by atoms with Crippen LogP contribution in [0.1, 0.15) is 23.2 Å². The number of anilines is 1. The molecule has 7 heteroatoms. The quantitative estimate of drug-likeness (QED) is 0.791. The van der Waals surface area contributed by atoms with Crippen molar-refractivity contribution in [2.24, 2.45) is 5.73 Å². The maximum absolute atomic E-state index is 12.2. The van der Waals surface area contributed by atoms with Crippen molar-refractivity contribution in [2.45, 2.75) is 18.4 Å². The lowest BCUT2D eigenvalue weighted by molar-refractivity contribution is -0.124. The third kappa shape index (κ3) is 2.56. The van der Waals surface area contributed by atoms with Crippen molar-refractivity contribution in [2.75, 3.05) is 31.2 Å². The van der Waals surface area contributed by atoms with Gasteiger partial charge in [-0.2, -0.15) is 0 Å². The molecule has 2 saturated heterocycles. The molecule has 0 bridgehead atoms. The van der Waals surface area contributed by atoms with Crippen molar-refractivity contribution in [3.8, 4) is 0 Å². The molecule has 0 radical (unpaired) electrons. The van der Waals surface area contributed by atoms with Gasteiger partial charge in [0.05, 0.1) is 12.2 Å². The number of carbonyl (C=O) groups excluding carboxylic acids is 2. The van der Waals surface area contributed by atoms with Crippen LogP contribution in [0.2, 0.25) is 0 Å². The van der Waals surface area contributed by atoms with Crippen LogP contribution < -0.4 is 16.0 Å². The van der Waals surface area contributed by atoms with Crippen molar-refractivity contribution >= 4 is 17.6 Å². The predicted octanol–water partition coefficient (Wildman–Crippen LogP) is -0.334. The fourth-order valence-corrected chi connectivity index (χ4v) is 2.46. The van der Waals surface area contributed by atoms with Crippen molar-refractivity contribution in [3.05, 3.63) is 23.9 Å². The van der Waals surface area contributed by atoms with Gasteiger partial charge in [0.25, 0.3) is 5.91 Å². The van der Waals surface area contributed by atoms with Gasteiger partial charge in [0.1, 0.15) is 11.4 Å². The number of nitrogens with two attached hydrogens (primary N) is 1. The van der Waals surface area contributed by atoms with E-state index in [1.54, 1.807) is 6.07 Å². The summed E-state index contributed by atoms with van der Waals surface area (Å²) in [6.45, 7) is 2.53. The smallest absolute Gasteiger partial charge is 0.253 e. The molecule has 3 rings (SSSR count). The zero-order valence-electron chi connectivity index (χ0n) is 11.7. The van der Waals surface area contributed by atoms with Crippen LogP contribution in [-0.4, -0.2) is 48.6 Å². The lowest BCUT2D eigenvalue weighted by atomic mass is 9.97. The molecule has 2 aliphatic heterocycles. The molecule has 0 saturated carbocycles. The minimum absolute atomic E-state index is 0.118. The SMILES string of the molecule is NC(=O)C1(NC(=O)c2ccc(N3CCC3)nc2)CCOC1. The van der Waals surface area contributed by atoms with Gasteiger partial charge >= 0.3 is 0 Å². The second-order valence-electron chi connectivity index (χ2n) is 5.45. The van der Waals surface area contributed by atoms with Gasteiger partial charge in [-0.05, 0) is 18.6 Å². The molecular weight excluding hydrogens is 272 g/mol. The summed E-state index contributed by atoms with van der Waals surface area (Å²) in [5.74, 6) is -0.0629. The first-order valence-corrected chi connectivity index (χ1v) is 7.02. The average Bonchev–Trinajstić information content (AvgIpc) is 2.87. The molecule has 2 fully saturated rings. The maximum atomic E-state index is 12.2. The number of nitrogens with one attached hydrogen (secondary N) is 1. The molecule has 7 nitrogen and oxygen atoms in total.